The van der Waals surface area contributed by atoms with Crippen molar-refractivity contribution in [1.29, 1.82) is 0 Å². The highest BCUT2D eigenvalue weighted by Gasteiger charge is 2.29. The van der Waals surface area contributed by atoms with E-state index in [9.17, 15) is 4.79 Å². The van der Waals surface area contributed by atoms with Crippen LogP contribution in [0.4, 0.5) is 10.1 Å². The number of hydrogen-bond donors (Lipinski definition) is 0. The molecule has 178 valence electrons. The van der Waals surface area contributed by atoms with Gasteiger partial charge in [0, 0.05) is 54.3 Å². The van der Waals surface area contributed by atoms with Crippen molar-refractivity contribution >= 4 is 12.0 Å². The standard InChI is InChI=1S/C28H32FN3O2/c1-19-23(10-15-33)26(32-13-11-28(3,4)12-14-32)24(18-30-19)22-16-25(29)27(31-17-22)34-20(2)21-8-6-5-7-9-21/h5-9,15-18,20H,10-14H2,1-4H3/t20-/m1/s1. The number of aldehydes is 1. The van der Waals surface area contributed by atoms with Gasteiger partial charge in [-0.05, 0) is 43.7 Å². The monoisotopic (exact) mass is 461 g/mol. The van der Waals surface area contributed by atoms with Crippen LogP contribution in [0.5, 0.6) is 5.88 Å². The average Bonchev–Trinajstić information content (AvgIpc) is 2.82. The van der Waals surface area contributed by atoms with Crippen molar-refractivity contribution in [3.63, 3.8) is 0 Å². The van der Waals surface area contributed by atoms with Gasteiger partial charge in [-0.25, -0.2) is 9.37 Å². The van der Waals surface area contributed by atoms with Crippen molar-refractivity contribution < 1.29 is 13.9 Å². The molecule has 5 nitrogen and oxygen atoms in total. The summed E-state index contributed by atoms with van der Waals surface area (Å²) in [6.07, 6.45) is 6.34. The van der Waals surface area contributed by atoms with E-state index in [1.807, 2.05) is 44.2 Å². The van der Waals surface area contributed by atoms with Crippen molar-refractivity contribution in [2.75, 3.05) is 18.0 Å². The van der Waals surface area contributed by atoms with Gasteiger partial charge >= 0.3 is 0 Å². The van der Waals surface area contributed by atoms with Crippen LogP contribution in [0.2, 0.25) is 0 Å². The molecule has 1 atom stereocenters. The second kappa shape index (κ2) is 9.92. The van der Waals surface area contributed by atoms with Crippen LogP contribution in [0.1, 0.15) is 56.5 Å². The minimum Gasteiger partial charge on any atom is -0.468 e. The largest absolute Gasteiger partial charge is 0.468 e. The maximum Gasteiger partial charge on any atom is 0.251 e. The number of benzene rings is 1. The van der Waals surface area contributed by atoms with Crippen LogP contribution < -0.4 is 9.64 Å². The summed E-state index contributed by atoms with van der Waals surface area (Å²) in [5.41, 5.74) is 5.32. The maximum absolute atomic E-state index is 15.1. The molecular formula is C28H32FN3O2. The summed E-state index contributed by atoms with van der Waals surface area (Å²) < 4.78 is 21.0. The number of anilines is 1. The van der Waals surface area contributed by atoms with E-state index >= 15 is 4.39 Å². The lowest BCUT2D eigenvalue weighted by atomic mass is 9.82. The van der Waals surface area contributed by atoms with Crippen LogP contribution in [0.15, 0.2) is 48.8 Å². The van der Waals surface area contributed by atoms with E-state index in [4.69, 9.17) is 4.74 Å². The van der Waals surface area contributed by atoms with Gasteiger partial charge in [0.05, 0.1) is 5.69 Å². The zero-order valence-electron chi connectivity index (χ0n) is 20.3. The summed E-state index contributed by atoms with van der Waals surface area (Å²) in [4.78, 5) is 22.7. The molecule has 1 aliphatic heterocycles. The number of halogens is 1. The molecule has 1 fully saturated rings. The Kier molecular flexibility index (Phi) is 6.96. The fourth-order valence-electron chi connectivity index (χ4n) is 4.49. The number of ether oxygens (including phenoxy) is 1. The van der Waals surface area contributed by atoms with Gasteiger partial charge in [-0.15, -0.1) is 0 Å². The summed E-state index contributed by atoms with van der Waals surface area (Å²) in [6.45, 7) is 10.1. The topological polar surface area (TPSA) is 55.3 Å². The lowest BCUT2D eigenvalue weighted by molar-refractivity contribution is -0.107. The summed E-state index contributed by atoms with van der Waals surface area (Å²) in [6, 6.07) is 11.1. The normalized spacial score (nSPS) is 16.2. The molecule has 0 spiro atoms. The number of nitrogens with zero attached hydrogens (tertiary/aromatic N) is 3. The lowest BCUT2D eigenvalue weighted by Gasteiger charge is -2.40. The number of aromatic nitrogens is 2. The van der Waals surface area contributed by atoms with Crippen LogP contribution in [0, 0.1) is 18.2 Å². The van der Waals surface area contributed by atoms with Crippen molar-refractivity contribution in [3.8, 4) is 17.0 Å². The Bertz CT molecular complexity index is 1150. The molecule has 6 heteroatoms. The highest BCUT2D eigenvalue weighted by Crippen LogP contribution is 2.40. The van der Waals surface area contributed by atoms with Gasteiger partial charge in [0.1, 0.15) is 12.4 Å². The van der Waals surface area contributed by atoms with E-state index in [2.05, 4.69) is 28.7 Å². The first-order chi connectivity index (χ1) is 16.3. The molecule has 0 amide bonds. The van der Waals surface area contributed by atoms with Gasteiger partial charge in [0.25, 0.3) is 5.88 Å². The predicted octanol–water partition coefficient (Wildman–Crippen LogP) is 6.10. The van der Waals surface area contributed by atoms with E-state index in [-0.39, 0.29) is 23.8 Å². The summed E-state index contributed by atoms with van der Waals surface area (Å²) in [5.74, 6) is -0.557. The highest BCUT2D eigenvalue weighted by atomic mass is 19.1. The Balaban J connectivity index is 1.69. The van der Waals surface area contributed by atoms with Gasteiger partial charge < -0.3 is 14.4 Å². The van der Waals surface area contributed by atoms with E-state index in [1.54, 1.807) is 12.4 Å². The van der Waals surface area contributed by atoms with Gasteiger partial charge in [-0.1, -0.05) is 44.2 Å². The molecule has 0 aliphatic carbocycles. The molecule has 2 aromatic heterocycles. The molecule has 1 saturated heterocycles. The molecule has 1 aromatic carbocycles. The Morgan fingerprint density at radius 2 is 1.85 bits per heavy atom. The third-order valence-corrected chi connectivity index (χ3v) is 6.76. The molecule has 3 aromatic rings. The zero-order valence-corrected chi connectivity index (χ0v) is 20.3. The summed E-state index contributed by atoms with van der Waals surface area (Å²) in [5, 5.41) is 0. The van der Waals surface area contributed by atoms with Gasteiger partial charge in [0.2, 0.25) is 0 Å². The number of piperidine rings is 1. The number of rotatable bonds is 7. The first-order valence-corrected chi connectivity index (χ1v) is 11.8. The Hall–Kier alpha value is -3.28. The fraction of sp³-hybridized carbons (Fsp3) is 0.393. The second-order valence-corrected chi connectivity index (χ2v) is 9.79. The smallest absolute Gasteiger partial charge is 0.251 e. The first-order valence-electron chi connectivity index (χ1n) is 11.8. The average molecular weight is 462 g/mol. The van der Waals surface area contributed by atoms with Crippen molar-refractivity contribution in [3.05, 3.63) is 71.4 Å². The van der Waals surface area contributed by atoms with Crippen LogP contribution >= 0.6 is 0 Å². The summed E-state index contributed by atoms with van der Waals surface area (Å²) >= 11 is 0. The molecule has 0 unspecified atom stereocenters. The SMILES string of the molecule is Cc1ncc(-c2cnc(O[C@H](C)c3ccccc3)c(F)c2)c(N2CCC(C)(C)CC2)c1CC=O. The third kappa shape index (κ3) is 5.11. The maximum atomic E-state index is 15.1. The Morgan fingerprint density at radius 3 is 2.50 bits per heavy atom. The minimum absolute atomic E-state index is 0.0328. The van der Waals surface area contributed by atoms with Crippen molar-refractivity contribution in [1.82, 2.24) is 9.97 Å². The molecule has 3 heterocycles. The zero-order chi connectivity index (χ0) is 24.3. The summed E-state index contributed by atoms with van der Waals surface area (Å²) in [7, 11) is 0. The van der Waals surface area contributed by atoms with E-state index < -0.39 is 5.82 Å². The molecule has 0 N–H and O–H groups in total. The lowest BCUT2D eigenvalue weighted by Crippen LogP contribution is -2.38. The number of carbonyl (C=O) groups is 1. The number of carbonyl (C=O) groups excluding carboxylic acids is 1. The van der Waals surface area contributed by atoms with Crippen LogP contribution in [-0.2, 0) is 11.2 Å². The van der Waals surface area contributed by atoms with E-state index in [1.165, 1.54) is 6.07 Å². The quantitative estimate of drug-likeness (QED) is 0.398. The van der Waals surface area contributed by atoms with Gasteiger partial charge in [-0.2, -0.15) is 0 Å². The predicted molar refractivity (Wildman–Crippen MR) is 133 cm³/mol. The molecule has 0 bridgehead atoms. The van der Waals surface area contributed by atoms with Crippen LogP contribution in [0.25, 0.3) is 11.1 Å². The third-order valence-electron chi connectivity index (χ3n) is 6.76. The van der Waals surface area contributed by atoms with E-state index in [0.29, 0.717) is 5.56 Å². The minimum atomic E-state index is -0.525. The Morgan fingerprint density at radius 1 is 1.15 bits per heavy atom. The van der Waals surface area contributed by atoms with Gasteiger partial charge in [0.15, 0.2) is 5.82 Å². The van der Waals surface area contributed by atoms with Crippen molar-refractivity contribution in [2.24, 2.45) is 5.41 Å². The van der Waals surface area contributed by atoms with Gasteiger partial charge in [-0.3, -0.25) is 4.98 Å². The number of pyridine rings is 2. The highest BCUT2D eigenvalue weighted by molar-refractivity contribution is 5.82. The molecule has 0 radical (unpaired) electrons. The van der Waals surface area contributed by atoms with Crippen molar-refractivity contribution in [2.45, 2.75) is 53.1 Å². The molecule has 1 aliphatic rings. The molecule has 34 heavy (non-hydrogen) atoms. The Labute approximate surface area is 201 Å². The van der Waals surface area contributed by atoms with Crippen LogP contribution in [0.3, 0.4) is 0 Å². The van der Waals surface area contributed by atoms with E-state index in [0.717, 1.165) is 60.3 Å². The first kappa shape index (κ1) is 23.9. The number of aryl methyl sites for hydroxylation is 1. The fourth-order valence-corrected chi connectivity index (χ4v) is 4.49. The molecule has 4 rings (SSSR count). The second-order valence-electron chi connectivity index (χ2n) is 9.79. The van der Waals surface area contributed by atoms with Crippen LogP contribution in [-0.4, -0.2) is 29.3 Å². The molecular weight excluding hydrogens is 429 g/mol. The number of hydrogen-bond acceptors (Lipinski definition) is 5. The molecule has 0 saturated carbocycles.